The highest BCUT2D eigenvalue weighted by atomic mass is 14.9. The molecule has 2 aromatic carbocycles. The van der Waals surface area contributed by atoms with Crippen LogP contribution in [0, 0.1) is 0 Å². The Morgan fingerprint density at radius 2 is 1.79 bits per heavy atom. The SMILES string of the molecule is C(=NCCc1nc2ccccc2[nH]1)c1ccccc1. The molecule has 0 atom stereocenters. The summed E-state index contributed by atoms with van der Waals surface area (Å²) in [7, 11) is 0. The lowest BCUT2D eigenvalue weighted by atomic mass is 10.2. The van der Waals surface area contributed by atoms with Crippen molar-refractivity contribution in [3.8, 4) is 0 Å². The van der Waals surface area contributed by atoms with E-state index in [4.69, 9.17) is 0 Å². The number of rotatable bonds is 4. The number of benzene rings is 2. The molecule has 19 heavy (non-hydrogen) atoms. The molecule has 1 heterocycles. The molecule has 0 radical (unpaired) electrons. The topological polar surface area (TPSA) is 41.0 Å². The molecule has 3 rings (SSSR count). The molecular weight excluding hydrogens is 234 g/mol. The summed E-state index contributed by atoms with van der Waals surface area (Å²) in [6.07, 6.45) is 2.74. The van der Waals surface area contributed by atoms with Gasteiger partial charge in [-0.15, -0.1) is 0 Å². The minimum atomic E-state index is 0.745. The molecule has 0 bridgehead atoms. The lowest BCUT2D eigenvalue weighted by molar-refractivity contribution is 0.903. The first-order chi connectivity index (χ1) is 9.42. The molecule has 1 aromatic heterocycles. The number of aliphatic imine (C=N–C) groups is 1. The lowest BCUT2D eigenvalue weighted by Gasteiger charge is -1.92. The van der Waals surface area contributed by atoms with Gasteiger partial charge < -0.3 is 4.98 Å². The summed E-state index contributed by atoms with van der Waals surface area (Å²) in [6.45, 7) is 0.745. The number of aromatic nitrogens is 2. The normalized spacial score (nSPS) is 11.4. The van der Waals surface area contributed by atoms with E-state index in [1.165, 1.54) is 0 Å². The van der Waals surface area contributed by atoms with Crippen LogP contribution in [0.3, 0.4) is 0 Å². The third-order valence-corrected chi connectivity index (χ3v) is 2.96. The summed E-state index contributed by atoms with van der Waals surface area (Å²) in [5.41, 5.74) is 3.24. The van der Waals surface area contributed by atoms with E-state index in [0.29, 0.717) is 0 Å². The molecular formula is C16H15N3. The lowest BCUT2D eigenvalue weighted by Crippen LogP contribution is -1.92. The molecule has 0 aliphatic rings. The Morgan fingerprint density at radius 3 is 2.63 bits per heavy atom. The zero-order valence-electron chi connectivity index (χ0n) is 10.6. The minimum absolute atomic E-state index is 0.745. The largest absolute Gasteiger partial charge is 0.342 e. The Morgan fingerprint density at radius 1 is 1.00 bits per heavy atom. The minimum Gasteiger partial charge on any atom is -0.342 e. The van der Waals surface area contributed by atoms with Gasteiger partial charge in [0.25, 0.3) is 0 Å². The molecule has 0 spiro atoms. The van der Waals surface area contributed by atoms with Crippen molar-refractivity contribution >= 4 is 17.2 Å². The summed E-state index contributed by atoms with van der Waals surface area (Å²) in [4.78, 5) is 12.3. The summed E-state index contributed by atoms with van der Waals surface area (Å²) in [6, 6.07) is 18.2. The standard InChI is InChI=1S/C16H15N3/c1-2-6-13(7-3-1)12-17-11-10-16-18-14-8-4-5-9-15(14)19-16/h1-9,12H,10-11H2,(H,18,19). The predicted molar refractivity (Wildman–Crippen MR) is 78.7 cm³/mol. The molecule has 0 aliphatic carbocycles. The van der Waals surface area contributed by atoms with Gasteiger partial charge in [-0.2, -0.15) is 0 Å². The van der Waals surface area contributed by atoms with Gasteiger partial charge in [0.05, 0.1) is 11.0 Å². The summed E-state index contributed by atoms with van der Waals surface area (Å²) in [5.74, 6) is 0.992. The average molecular weight is 249 g/mol. The van der Waals surface area contributed by atoms with E-state index in [-0.39, 0.29) is 0 Å². The van der Waals surface area contributed by atoms with Gasteiger partial charge in [0, 0.05) is 19.2 Å². The summed E-state index contributed by atoms with van der Waals surface area (Å²) < 4.78 is 0. The molecule has 94 valence electrons. The second-order valence-electron chi connectivity index (χ2n) is 4.40. The Labute approximate surface area is 112 Å². The van der Waals surface area contributed by atoms with Gasteiger partial charge in [0.15, 0.2) is 0 Å². The highest BCUT2D eigenvalue weighted by Gasteiger charge is 2.00. The Kier molecular flexibility index (Phi) is 3.36. The molecule has 0 amide bonds. The maximum atomic E-state index is 4.53. The smallest absolute Gasteiger partial charge is 0.109 e. The highest BCUT2D eigenvalue weighted by Crippen LogP contribution is 2.10. The van der Waals surface area contributed by atoms with Crippen molar-refractivity contribution in [1.82, 2.24) is 9.97 Å². The van der Waals surface area contributed by atoms with Crippen LogP contribution in [-0.4, -0.2) is 22.7 Å². The third kappa shape index (κ3) is 2.88. The van der Waals surface area contributed by atoms with E-state index in [1.54, 1.807) is 0 Å². The highest BCUT2D eigenvalue weighted by molar-refractivity contribution is 5.79. The fraction of sp³-hybridized carbons (Fsp3) is 0.125. The number of fused-ring (bicyclic) bond motifs is 1. The molecule has 0 unspecified atom stereocenters. The second-order valence-corrected chi connectivity index (χ2v) is 4.40. The van der Waals surface area contributed by atoms with Crippen LogP contribution in [-0.2, 0) is 6.42 Å². The number of para-hydroxylation sites is 2. The Hall–Kier alpha value is -2.42. The number of hydrogen-bond donors (Lipinski definition) is 1. The second kappa shape index (κ2) is 5.48. The number of H-pyrrole nitrogens is 1. The number of hydrogen-bond acceptors (Lipinski definition) is 2. The van der Waals surface area contributed by atoms with E-state index < -0.39 is 0 Å². The van der Waals surface area contributed by atoms with Crippen molar-refractivity contribution in [2.24, 2.45) is 4.99 Å². The molecule has 0 saturated heterocycles. The van der Waals surface area contributed by atoms with E-state index in [2.05, 4.69) is 15.0 Å². The van der Waals surface area contributed by atoms with Crippen molar-refractivity contribution < 1.29 is 0 Å². The maximum absolute atomic E-state index is 4.53. The van der Waals surface area contributed by atoms with Gasteiger partial charge in [-0.1, -0.05) is 42.5 Å². The fourth-order valence-corrected chi connectivity index (χ4v) is 2.00. The van der Waals surface area contributed by atoms with Crippen LogP contribution in [0.1, 0.15) is 11.4 Å². The van der Waals surface area contributed by atoms with Gasteiger partial charge in [-0.05, 0) is 17.7 Å². The molecule has 1 N–H and O–H groups in total. The van der Waals surface area contributed by atoms with Crippen molar-refractivity contribution in [2.45, 2.75) is 6.42 Å². The monoisotopic (exact) mass is 249 g/mol. The molecule has 3 aromatic rings. The van der Waals surface area contributed by atoms with E-state index in [9.17, 15) is 0 Å². The number of imidazole rings is 1. The first-order valence-corrected chi connectivity index (χ1v) is 6.40. The van der Waals surface area contributed by atoms with Crippen LogP contribution in [0.25, 0.3) is 11.0 Å². The first-order valence-electron chi connectivity index (χ1n) is 6.40. The predicted octanol–water partition coefficient (Wildman–Crippen LogP) is 3.22. The van der Waals surface area contributed by atoms with Crippen molar-refractivity contribution in [3.05, 3.63) is 66.0 Å². The molecule has 0 aliphatic heterocycles. The first kappa shape index (κ1) is 11.7. The van der Waals surface area contributed by atoms with Gasteiger partial charge in [-0.3, -0.25) is 4.99 Å². The Bertz CT molecular complexity index is 650. The van der Waals surface area contributed by atoms with Crippen molar-refractivity contribution in [2.75, 3.05) is 6.54 Å². The Balaban J connectivity index is 1.62. The van der Waals surface area contributed by atoms with E-state index in [1.807, 2.05) is 60.8 Å². The maximum Gasteiger partial charge on any atom is 0.109 e. The summed E-state index contributed by atoms with van der Waals surface area (Å²) in [5, 5.41) is 0. The van der Waals surface area contributed by atoms with Gasteiger partial charge in [0.1, 0.15) is 5.82 Å². The molecule has 0 saturated carbocycles. The van der Waals surface area contributed by atoms with Crippen molar-refractivity contribution in [3.63, 3.8) is 0 Å². The van der Waals surface area contributed by atoms with Crippen LogP contribution in [0.15, 0.2) is 59.6 Å². The zero-order chi connectivity index (χ0) is 12.9. The molecule has 3 heteroatoms. The van der Waals surface area contributed by atoms with E-state index >= 15 is 0 Å². The van der Waals surface area contributed by atoms with Gasteiger partial charge >= 0.3 is 0 Å². The van der Waals surface area contributed by atoms with Crippen LogP contribution >= 0.6 is 0 Å². The molecule has 3 nitrogen and oxygen atoms in total. The zero-order valence-corrected chi connectivity index (χ0v) is 10.6. The number of aromatic amines is 1. The number of nitrogens with zero attached hydrogens (tertiary/aromatic N) is 2. The summed E-state index contributed by atoms with van der Waals surface area (Å²) >= 11 is 0. The van der Waals surface area contributed by atoms with Crippen LogP contribution < -0.4 is 0 Å². The fourth-order valence-electron chi connectivity index (χ4n) is 2.00. The van der Waals surface area contributed by atoms with Gasteiger partial charge in [0.2, 0.25) is 0 Å². The van der Waals surface area contributed by atoms with Crippen LogP contribution in [0.2, 0.25) is 0 Å². The molecule has 0 fully saturated rings. The third-order valence-electron chi connectivity index (χ3n) is 2.96. The van der Waals surface area contributed by atoms with Crippen LogP contribution in [0.5, 0.6) is 0 Å². The average Bonchev–Trinajstić information content (AvgIpc) is 2.87. The van der Waals surface area contributed by atoms with Crippen molar-refractivity contribution in [1.29, 1.82) is 0 Å². The van der Waals surface area contributed by atoms with E-state index in [0.717, 1.165) is 35.4 Å². The van der Waals surface area contributed by atoms with Crippen LogP contribution in [0.4, 0.5) is 0 Å². The van der Waals surface area contributed by atoms with Gasteiger partial charge in [-0.25, -0.2) is 4.98 Å². The number of nitrogens with one attached hydrogen (secondary N) is 1. The quantitative estimate of drug-likeness (QED) is 0.709.